The summed E-state index contributed by atoms with van der Waals surface area (Å²) in [5.41, 5.74) is 1.89. The number of hydrogen-bond acceptors (Lipinski definition) is 2. The Hall–Kier alpha value is -0.640. The van der Waals surface area contributed by atoms with E-state index < -0.39 is 0 Å². The third-order valence-electron chi connectivity index (χ3n) is 3.26. The molecule has 3 nitrogen and oxygen atoms in total. The Bertz CT molecular complexity index is 418. The molecular formula is C11H15BrN2O. The van der Waals surface area contributed by atoms with E-state index in [0.717, 1.165) is 28.7 Å². The van der Waals surface area contributed by atoms with Crippen LogP contribution in [0.3, 0.4) is 0 Å². The van der Waals surface area contributed by atoms with Gasteiger partial charge in [-0.2, -0.15) is 5.10 Å². The fourth-order valence-electron chi connectivity index (χ4n) is 1.70. The molecule has 0 unspecified atom stereocenters. The van der Waals surface area contributed by atoms with Crippen molar-refractivity contribution in [3.63, 3.8) is 0 Å². The number of aromatic nitrogens is 2. The summed E-state index contributed by atoms with van der Waals surface area (Å²) in [6.45, 7) is 3.99. The van der Waals surface area contributed by atoms with Crippen LogP contribution < -0.4 is 0 Å². The van der Waals surface area contributed by atoms with Gasteiger partial charge < -0.3 is 0 Å². The molecule has 0 saturated heterocycles. The van der Waals surface area contributed by atoms with Crippen molar-refractivity contribution in [2.75, 3.05) is 0 Å². The Labute approximate surface area is 98.0 Å². The quantitative estimate of drug-likeness (QED) is 0.846. The van der Waals surface area contributed by atoms with Gasteiger partial charge in [-0.1, -0.05) is 6.92 Å². The average Bonchev–Trinajstić information content (AvgIpc) is 2.87. The van der Waals surface area contributed by atoms with Crippen LogP contribution in [0, 0.1) is 12.3 Å². The first-order valence-electron chi connectivity index (χ1n) is 5.15. The highest BCUT2D eigenvalue weighted by molar-refractivity contribution is 9.10. The highest BCUT2D eigenvalue weighted by atomic mass is 79.9. The van der Waals surface area contributed by atoms with Gasteiger partial charge in [0.05, 0.1) is 22.3 Å². The Morgan fingerprint density at radius 1 is 1.60 bits per heavy atom. The van der Waals surface area contributed by atoms with Crippen LogP contribution in [0.25, 0.3) is 0 Å². The fraction of sp³-hybridized carbons (Fsp3) is 0.636. The highest BCUT2D eigenvalue weighted by Gasteiger charge is 2.44. The maximum atomic E-state index is 11.9. The molecular weight excluding hydrogens is 256 g/mol. The van der Waals surface area contributed by atoms with Crippen LogP contribution in [0.5, 0.6) is 0 Å². The van der Waals surface area contributed by atoms with Gasteiger partial charge in [-0.05, 0) is 35.7 Å². The van der Waals surface area contributed by atoms with Gasteiger partial charge in [0.25, 0.3) is 0 Å². The summed E-state index contributed by atoms with van der Waals surface area (Å²) in [7, 11) is 1.88. The molecule has 0 amide bonds. The van der Waals surface area contributed by atoms with Crippen LogP contribution in [0.2, 0.25) is 0 Å². The van der Waals surface area contributed by atoms with Crippen LogP contribution in [0.4, 0.5) is 0 Å². The van der Waals surface area contributed by atoms with Gasteiger partial charge in [0.2, 0.25) is 0 Å². The summed E-state index contributed by atoms with van der Waals surface area (Å²) in [6.07, 6.45) is 2.58. The van der Waals surface area contributed by atoms with Gasteiger partial charge in [-0.15, -0.1) is 0 Å². The Morgan fingerprint density at radius 2 is 2.20 bits per heavy atom. The first-order valence-corrected chi connectivity index (χ1v) is 5.94. The van der Waals surface area contributed by atoms with Gasteiger partial charge >= 0.3 is 0 Å². The predicted octanol–water partition coefficient (Wildman–Crippen LogP) is 2.40. The molecule has 2 rings (SSSR count). The second kappa shape index (κ2) is 3.44. The van der Waals surface area contributed by atoms with E-state index in [1.807, 2.05) is 20.9 Å². The van der Waals surface area contributed by atoms with E-state index in [4.69, 9.17) is 0 Å². The predicted molar refractivity (Wildman–Crippen MR) is 61.7 cm³/mol. The molecule has 1 fully saturated rings. The van der Waals surface area contributed by atoms with Gasteiger partial charge in [-0.25, -0.2) is 0 Å². The minimum atomic E-state index is -0.0440. The molecule has 1 aromatic rings. The highest BCUT2D eigenvalue weighted by Crippen LogP contribution is 2.46. The molecule has 0 radical (unpaired) electrons. The molecule has 0 N–H and O–H groups in total. The van der Waals surface area contributed by atoms with Crippen molar-refractivity contribution >= 4 is 21.7 Å². The van der Waals surface area contributed by atoms with E-state index in [0.29, 0.717) is 12.2 Å². The largest absolute Gasteiger partial charge is 0.299 e. The van der Waals surface area contributed by atoms with E-state index in [1.54, 1.807) is 4.68 Å². The summed E-state index contributed by atoms with van der Waals surface area (Å²) in [5, 5.41) is 4.28. The summed E-state index contributed by atoms with van der Waals surface area (Å²) in [5.74, 6) is 0.339. The SMILES string of the molecule is Cc1nn(C)c(CC(=O)C2(C)CC2)c1Br. The van der Waals surface area contributed by atoms with Crippen molar-refractivity contribution in [2.24, 2.45) is 12.5 Å². The van der Waals surface area contributed by atoms with Gasteiger partial charge in [0.1, 0.15) is 5.78 Å². The summed E-state index contributed by atoms with van der Waals surface area (Å²) in [4.78, 5) is 11.9. The number of nitrogens with zero attached hydrogens (tertiary/aromatic N) is 2. The topological polar surface area (TPSA) is 34.9 Å². The third kappa shape index (κ3) is 1.87. The number of carbonyl (C=O) groups is 1. The maximum absolute atomic E-state index is 11.9. The van der Waals surface area contributed by atoms with Crippen molar-refractivity contribution in [3.8, 4) is 0 Å². The molecule has 0 aromatic carbocycles. The van der Waals surface area contributed by atoms with Gasteiger partial charge in [0.15, 0.2) is 0 Å². The number of Topliss-reactive ketones (excluding diaryl/α,β-unsaturated/α-hetero) is 1. The normalized spacial score (nSPS) is 17.9. The molecule has 1 aromatic heterocycles. The number of ketones is 1. The second-order valence-corrected chi connectivity index (χ2v) is 5.42. The van der Waals surface area contributed by atoms with Crippen LogP contribution in [-0.4, -0.2) is 15.6 Å². The molecule has 1 aliphatic rings. The van der Waals surface area contributed by atoms with Gasteiger partial charge in [0, 0.05) is 12.5 Å². The number of carbonyl (C=O) groups excluding carboxylic acids is 1. The van der Waals surface area contributed by atoms with Crippen molar-refractivity contribution in [2.45, 2.75) is 33.1 Å². The zero-order valence-electron chi connectivity index (χ0n) is 9.30. The van der Waals surface area contributed by atoms with Crippen molar-refractivity contribution in [1.82, 2.24) is 9.78 Å². The number of aryl methyl sites for hydroxylation is 2. The zero-order chi connectivity index (χ0) is 11.2. The molecule has 82 valence electrons. The van der Waals surface area contributed by atoms with E-state index in [-0.39, 0.29) is 5.41 Å². The lowest BCUT2D eigenvalue weighted by molar-refractivity contribution is -0.123. The van der Waals surface area contributed by atoms with E-state index in [1.165, 1.54) is 0 Å². The molecule has 0 atom stereocenters. The van der Waals surface area contributed by atoms with Crippen molar-refractivity contribution in [1.29, 1.82) is 0 Å². The lowest BCUT2D eigenvalue weighted by Gasteiger charge is -2.07. The molecule has 1 aliphatic carbocycles. The summed E-state index contributed by atoms with van der Waals surface area (Å²) < 4.78 is 2.77. The smallest absolute Gasteiger partial charge is 0.144 e. The van der Waals surface area contributed by atoms with Crippen molar-refractivity contribution < 1.29 is 4.79 Å². The number of hydrogen-bond donors (Lipinski definition) is 0. The van der Waals surface area contributed by atoms with Gasteiger partial charge in [-0.3, -0.25) is 9.48 Å². The van der Waals surface area contributed by atoms with E-state index >= 15 is 0 Å². The minimum absolute atomic E-state index is 0.0440. The van der Waals surface area contributed by atoms with Crippen LogP contribution in [-0.2, 0) is 18.3 Å². The maximum Gasteiger partial charge on any atom is 0.144 e. The Kier molecular flexibility index (Phi) is 2.49. The third-order valence-corrected chi connectivity index (χ3v) is 4.29. The van der Waals surface area contributed by atoms with Crippen LogP contribution in [0.15, 0.2) is 4.47 Å². The first-order chi connectivity index (χ1) is 6.94. The minimum Gasteiger partial charge on any atom is -0.299 e. The molecule has 0 spiro atoms. The van der Waals surface area contributed by atoms with Crippen LogP contribution in [0.1, 0.15) is 31.2 Å². The second-order valence-electron chi connectivity index (χ2n) is 4.63. The average molecular weight is 271 g/mol. The summed E-state index contributed by atoms with van der Waals surface area (Å²) >= 11 is 3.48. The Morgan fingerprint density at radius 3 is 2.60 bits per heavy atom. The standard InChI is InChI=1S/C11H15BrN2O/c1-7-10(12)8(14(3)13-7)6-9(15)11(2)4-5-11/h4-6H2,1-3H3. The molecule has 15 heavy (non-hydrogen) atoms. The molecule has 0 aliphatic heterocycles. The lowest BCUT2D eigenvalue weighted by atomic mass is 10.00. The monoisotopic (exact) mass is 270 g/mol. The fourth-order valence-corrected chi connectivity index (χ4v) is 2.18. The molecule has 1 saturated carbocycles. The Balaban J connectivity index is 2.20. The lowest BCUT2D eigenvalue weighted by Crippen LogP contribution is -2.16. The van der Waals surface area contributed by atoms with E-state index in [9.17, 15) is 4.79 Å². The molecule has 1 heterocycles. The number of rotatable bonds is 3. The summed E-state index contributed by atoms with van der Waals surface area (Å²) in [6, 6.07) is 0. The molecule has 0 bridgehead atoms. The zero-order valence-corrected chi connectivity index (χ0v) is 10.9. The first kappa shape index (κ1) is 10.9. The van der Waals surface area contributed by atoms with E-state index in [2.05, 4.69) is 21.0 Å². The van der Waals surface area contributed by atoms with Crippen LogP contribution >= 0.6 is 15.9 Å². The number of halogens is 1. The molecule has 4 heteroatoms. The van der Waals surface area contributed by atoms with Crippen molar-refractivity contribution in [3.05, 3.63) is 15.9 Å².